The Kier molecular flexibility index (Phi) is 4.10. The largest absolute Gasteiger partial charge is 0.347 e. The maximum absolute atomic E-state index is 12.1. The van der Waals surface area contributed by atoms with Gasteiger partial charge in [0.25, 0.3) is 0 Å². The van der Waals surface area contributed by atoms with Gasteiger partial charge in [0, 0.05) is 24.8 Å². The van der Waals surface area contributed by atoms with Crippen molar-refractivity contribution in [2.24, 2.45) is 0 Å². The van der Waals surface area contributed by atoms with Gasteiger partial charge in [0.1, 0.15) is 17.4 Å². The zero-order chi connectivity index (χ0) is 14.2. The molecule has 0 bridgehead atoms. The zero-order valence-electron chi connectivity index (χ0n) is 10.9. The lowest BCUT2D eigenvalue weighted by atomic mass is 10.3. The van der Waals surface area contributed by atoms with Gasteiger partial charge in [-0.2, -0.15) is 0 Å². The zero-order valence-corrected chi connectivity index (χ0v) is 13.2. The van der Waals surface area contributed by atoms with E-state index in [9.17, 15) is 4.79 Å². The molecule has 0 spiro atoms. The molecule has 2 rings (SSSR count). The van der Waals surface area contributed by atoms with Gasteiger partial charge in [-0.3, -0.25) is 9.36 Å². The van der Waals surface area contributed by atoms with Crippen molar-refractivity contribution in [2.45, 2.75) is 18.8 Å². The van der Waals surface area contributed by atoms with Crippen molar-refractivity contribution in [3.8, 4) is 0 Å². The van der Waals surface area contributed by atoms with Crippen LogP contribution in [-0.2, 0) is 10.7 Å². The number of likely N-dealkylation sites (N-methyl/N-ethyl adjacent to an activating group) is 1. The molecule has 0 aromatic carbocycles. The van der Waals surface area contributed by atoms with Crippen LogP contribution in [0, 0.1) is 0 Å². The van der Waals surface area contributed by atoms with Crippen molar-refractivity contribution >= 4 is 44.6 Å². The van der Waals surface area contributed by atoms with Gasteiger partial charge in [-0.05, 0) is 28.9 Å². The predicted molar refractivity (Wildman–Crippen MR) is 78.2 cm³/mol. The molecule has 0 saturated carbocycles. The second kappa shape index (κ2) is 5.46. The molecule has 1 atom stereocenters. The fourth-order valence-corrected chi connectivity index (χ4v) is 2.50. The summed E-state index contributed by atoms with van der Waals surface area (Å²) in [6, 6.07) is 1.48. The van der Waals surface area contributed by atoms with Crippen LogP contribution in [0.2, 0.25) is 0 Å². The third kappa shape index (κ3) is 2.60. The van der Waals surface area contributed by atoms with Gasteiger partial charge in [-0.15, -0.1) is 11.6 Å². The summed E-state index contributed by atoms with van der Waals surface area (Å²) in [4.78, 5) is 22.4. The average Bonchev–Trinajstić information content (AvgIpc) is 2.74. The van der Waals surface area contributed by atoms with Crippen LogP contribution in [0.15, 0.2) is 16.7 Å². The summed E-state index contributed by atoms with van der Waals surface area (Å²) in [5, 5.41) is 0. The molecule has 0 aliphatic carbocycles. The molecule has 0 radical (unpaired) electrons. The minimum Gasteiger partial charge on any atom is -0.347 e. The van der Waals surface area contributed by atoms with Gasteiger partial charge in [-0.25, -0.2) is 9.97 Å². The number of rotatable bonds is 3. The van der Waals surface area contributed by atoms with Crippen LogP contribution < -0.4 is 0 Å². The van der Waals surface area contributed by atoms with Gasteiger partial charge < -0.3 is 4.90 Å². The van der Waals surface area contributed by atoms with E-state index >= 15 is 0 Å². The molecule has 102 valence electrons. The Morgan fingerprint density at radius 3 is 2.84 bits per heavy atom. The number of fused-ring (bicyclic) bond motifs is 1. The summed E-state index contributed by atoms with van der Waals surface area (Å²) in [5.74, 6) is 0.860. The minimum absolute atomic E-state index is 0.0182. The molecule has 0 fully saturated rings. The Morgan fingerprint density at radius 2 is 2.26 bits per heavy atom. The second-order valence-electron chi connectivity index (χ2n) is 4.44. The number of imidazole rings is 1. The molecular formula is C12H14BrClN4O. The summed E-state index contributed by atoms with van der Waals surface area (Å²) in [6.07, 6.45) is 1.69. The Bertz CT molecular complexity index is 625. The SMILES string of the molecule is CC(C(=O)N(C)C)n1c(CCl)nc2cc(Br)cnc21. The molecule has 0 saturated heterocycles. The molecule has 5 nitrogen and oxygen atoms in total. The lowest BCUT2D eigenvalue weighted by Gasteiger charge is -2.19. The molecule has 1 amide bonds. The third-order valence-electron chi connectivity index (χ3n) is 2.87. The van der Waals surface area contributed by atoms with E-state index in [1.165, 1.54) is 0 Å². The number of carbonyl (C=O) groups excluding carboxylic acids is 1. The summed E-state index contributed by atoms with van der Waals surface area (Å²) in [6.45, 7) is 1.82. The van der Waals surface area contributed by atoms with Crippen LogP contribution in [0.5, 0.6) is 0 Å². The summed E-state index contributed by atoms with van der Waals surface area (Å²) in [5.41, 5.74) is 1.39. The highest BCUT2D eigenvalue weighted by molar-refractivity contribution is 9.10. The van der Waals surface area contributed by atoms with Crippen LogP contribution in [0.25, 0.3) is 11.2 Å². The number of aromatic nitrogens is 3. The van der Waals surface area contributed by atoms with Crippen molar-refractivity contribution in [1.82, 2.24) is 19.4 Å². The first kappa shape index (κ1) is 14.3. The number of halogens is 2. The molecule has 0 aliphatic rings. The summed E-state index contributed by atoms with van der Waals surface area (Å²) < 4.78 is 2.63. The van der Waals surface area contributed by atoms with Crippen molar-refractivity contribution in [2.75, 3.05) is 14.1 Å². The topological polar surface area (TPSA) is 51.0 Å². The minimum atomic E-state index is -0.387. The number of amides is 1. The van der Waals surface area contributed by atoms with Crippen LogP contribution in [0.1, 0.15) is 18.8 Å². The second-order valence-corrected chi connectivity index (χ2v) is 5.62. The Labute approximate surface area is 124 Å². The molecule has 2 heterocycles. The maximum atomic E-state index is 12.1. The first-order valence-corrected chi connectivity index (χ1v) is 7.08. The lowest BCUT2D eigenvalue weighted by Crippen LogP contribution is -2.30. The van der Waals surface area contributed by atoms with Gasteiger partial charge in [0.2, 0.25) is 5.91 Å². The average molecular weight is 346 g/mol. The highest BCUT2D eigenvalue weighted by atomic mass is 79.9. The van der Waals surface area contributed by atoms with Crippen LogP contribution in [0.3, 0.4) is 0 Å². The smallest absolute Gasteiger partial charge is 0.244 e. The van der Waals surface area contributed by atoms with E-state index in [0.29, 0.717) is 11.5 Å². The van der Waals surface area contributed by atoms with E-state index in [0.717, 1.165) is 9.99 Å². The maximum Gasteiger partial charge on any atom is 0.244 e. The van der Waals surface area contributed by atoms with E-state index < -0.39 is 0 Å². The monoisotopic (exact) mass is 344 g/mol. The number of hydrogen-bond acceptors (Lipinski definition) is 3. The molecule has 19 heavy (non-hydrogen) atoms. The van der Waals surface area contributed by atoms with Crippen LogP contribution >= 0.6 is 27.5 Å². The Balaban J connectivity index is 2.60. The summed E-state index contributed by atoms with van der Waals surface area (Å²) in [7, 11) is 3.45. The first-order valence-electron chi connectivity index (χ1n) is 5.75. The van der Waals surface area contributed by atoms with Crippen LogP contribution in [-0.4, -0.2) is 39.4 Å². The van der Waals surface area contributed by atoms with E-state index in [4.69, 9.17) is 11.6 Å². The van der Waals surface area contributed by atoms with Crippen molar-refractivity contribution < 1.29 is 4.79 Å². The third-order valence-corrected chi connectivity index (χ3v) is 3.55. The number of hydrogen-bond donors (Lipinski definition) is 0. The Hall–Kier alpha value is -1.14. The first-order chi connectivity index (χ1) is 8.95. The van der Waals surface area contributed by atoms with E-state index in [2.05, 4.69) is 25.9 Å². The van der Waals surface area contributed by atoms with Gasteiger partial charge >= 0.3 is 0 Å². The predicted octanol–water partition coefficient (Wildman–Crippen LogP) is 2.58. The molecule has 2 aromatic heterocycles. The quantitative estimate of drug-likeness (QED) is 0.803. The van der Waals surface area contributed by atoms with E-state index in [1.807, 2.05) is 13.0 Å². The van der Waals surface area contributed by atoms with Gasteiger partial charge in [-0.1, -0.05) is 0 Å². The van der Waals surface area contributed by atoms with Crippen molar-refractivity contribution in [3.63, 3.8) is 0 Å². The lowest BCUT2D eigenvalue weighted by molar-refractivity contribution is -0.131. The highest BCUT2D eigenvalue weighted by Crippen LogP contribution is 2.24. The van der Waals surface area contributed by atoms with Gasteiger partial charge in [0.05, 0.1) is 5.88 Å². The Morgan fingerprint density at radius 1 is 1.58 bits per heavy atom. The molecule has 0 N–H and O–H groups in total. The van der Waals surface area contributed by atoms with E-state index in [-0.39, 0.29) is 17.8 Å². The molecule has 1 unspecified atom stereocenters. The molecule has 2 aromatic rings. The fraction of sp³-hybridized carbons (Fsp3) is 0.417. The van der Waals surface area contributed by atoms with Crippen molar-refractivity contribution in [1.29, 1.82) is 0 Å². The number of carbonyl (C=O) groups is 1. The molecule has 0 aliphatic heterocycles. The van der Waals surface area contributed by atoms with Crippen LogP contribution in [0.4, 0.5) is 0 Å². The van der Waals surface area contributed by atoms with Gasteiger partial charge in [0.15, 0.2) is 5.65 Å². The van der Waals surface area contributed by atoms with E-state index in [1.54, 1.807) is 29.8 Å². The fourth-order valence-electron chi connectivity index (χ4n) is 1.99. The normalized spacial score (nSPS) is 12.7. The number of nitrogens with zero attached hydrogens (tertiary/aromatic N) is 4. The van der Waals surface area contributed by atoms with Crippen molar-refractivity contribution in [3.05, 3.63) is 22.6 Å². The summed E-state index contributed by atoms with van der Waals surface area (Å²) >= 11 is 9.28. The highest BCUT2D eigenvalue weighted by Gasteiger charge is 2.23. The molecule has 7 heteroatoms. The molecular weight excluding hydrogens is 332 g/mol. The standard InChI is InChI=1S/C12H14BrClN4O/c1-7(12(19)17(2)3)18-10(5-14)16-9-4-8(13)6-15-11(9)18/h4,6-7H,5H2,1-3H3. The number of alkyl halides is 1. The number of pyridine rings is 1.